The molecule has 0 bridgehead atoms. The van der Waals surface area contributed by atoms with Crippen LogP contribution in [0.3, 0.4) is 0 Å². The highest BCUT2D eigenvalue weighted by atomic mass is 19.1. The summed E-state index contributed by atoms with van der Waals surface area (Å²) in [6, 6.07) is 14.6. The normalized spacial score (nSPS) is 16.9. The van der Waals surface area contributed by atoms with Crippen molar-refractivity contribution in [2.24, 2.45) is 7.05 Å². The van der Waals surface area contributed by atoms with Gasteiger partial charge in [0.15, 0.2) is 0 Å². The van der Waals surface area contributed by atoms with Gasteiger partial charge in [-0.2, -0.15) is 0 Å². The number of H-pyrrole nitrogens is 1. The third kappa shape index (κ3) is 4.96. The highest BCUT2D eigenvalue weighted by Gasteiger charge is 2.44. The fourth-order valence-electron chi connectivity index (χ4n) is 7.03. The Kier molecular flexibility index (Phi) is 7.03. The molecule has 44 heavy (non-hydrogen) atoms. The largest absolute Gasteiger partial charge is 0.478 e. The van der Waals surface area contributed by atoms with Crippen molar-refractivity contribution in [3.63, 3.8) is 0 Å². The van der Waals surface area contributed by atoms with Gasteiger partial charge in [0, 0.05) is 29.6 Å². The van der Waals surface area contributed by atoms with Crippen molar-refractivity contribution < 1.29 is 19.1 Å². The van der Waals surface area contributed by atoms with Crippen LogP contribution in [0.5, 0.6) is 0 Å². The van der Waals surface area contributed by atoms with E-state index in [1.165, 1.54) is 37.1 Å². The number of amides is 1. The molecule has 2 saturated carbocycles. The maximum Gasteiger partial charge on any atom is 0.328 e. The van der Waals surface area contributed by atoms with Crippen LogP contribution in [0.2, 0.25) is 0 Å². The molecule has 2 aliphatic carbocycles. The average molecular weight is 592 g/mol. The highest BCUT2D eigenvalue weighted by Crippen LogP contribution is 2.44. The summed E-state index contributed by atoms with van der Waals surface area (Å²) in [5.41, 5.74) is 6.07. The smallest absolute Gasteiger partial charge is 0.328 e. The quantitative estimate of drug-likeness (QED) is 0.173. The number of carbonyl (C=O) groups is 2. The number of aliphatic carboxylic acids is 1. The lowest BCUT2D eigenvalue weighted by Gasteiger charge is -2.41. The zero-order valence-electron chi connectivity index (χ0n) is 24.6. The Morgan fingerprint density at radius 3 is 2.59 bits per heavy atom. The number of carboxylic acid groups (broad SMARTS) is 1. The molecule has 3 aromatic heterocycles. The molecule has 7 rings (SSSR count). The first-order valence-electron chi connectivity index (χ1n) is 15.3. The van der Waals surface area contributed by atoms with Crippen LogP contribution in [0.4, 0.5) is 4.39 Å². The number of benzene rings is 2. The molecule has 0 atom stereocenters. The molecule has 2 aromatic carbocycles. The van der Waals surface area contributed by atoms with Crippen LogP contribution >= 0.6 is 0 Å². The zero-order valence-corrected chi connectivity index (χ0v) is 24.6. The van der Waals surface area contributed by atoms with E-state index in [0.717, 1.165) is 77.2 Å². The van der Waals surface area contributed by atoms with E-state index < -0.39 is 11.5 Å². The number of aromatic nitrogens is 4. The molecule has 5 aromatic rings. The number of rotatable bonds is 7. The summed E-state index contributed by atoms with van der Waals surface area (Å²) >= 11 is 0. The predicted octanol–water partition coefficient (Wildman–Crippen LogP) is 7.21. The first-order valence-corrected chi connectivity index (χ1v) is 15.3. The number of nitrogens with zero attached hydrogens (tertiary/aromatic N) is 3. The number of halogens is 1. The van der Waals surface area contributed by atoms with E-state index in [-0.39, 0.29) is 11.7 Å². The summed E-state index contributed by atoms with van der Waals surface area (Å²) in [5.74, 6) is -0.368. The Balaban J connectivity index is 1.22. The molecule has 2 aliphatic rings. The van der Waals surface area contributed by atoms with Crippen LogP contribution in [0.15, 0.2) is 60.8 Å². The molecule has 0 spiro atoms. The third-order valence-electron chi connectivity index (χ3n) is 9.41. The fraction of sp³-hybridized carbons (Fsp3) is 0.314. The molecule has 3 heterocycles. The van der Waals surface area contributed by atoms with Gasteiger partial charge in [-0.3, -0.25) is 9.78 Å². The number of imidazole rings is 1. The van der Waals surface area contributed by atoms with E-state index in [2.05, 4.69) is 15.3 Å². The summed E-state index contributed by atoms with van der Waals surface area (Å²) in [4.78, 5) is 37.6. The van der Waals surface area contributed by atoms with Crippen LogP contribution in [0, 0.1) is 5.82 Å². The Hall–Kier alpha value is -4.79. The number of carbonyl (C=O) groups excluding carboxylic acids is 1. The lowest BCUT2D eigenvalue weighted by molar-refractivity contribution is -0.131. The van der Waals surface area contributed by atoms with Crippen LogP contribution in [-0.4, -0.2) is 36.5 Å². The number of hydrogen-bond acceptors (Lipinski definition) is 4. The summed E-state index contributed by atoms with van der Waals surface area (Å²) < 4.78 is 15.7. The van der Waals surface area contributed by atoms with Crippen molar-refractivity contribution in [3.8, 4) is 11.4 Å². The zero-order chi connectivity index (χ0) is 30.4. The highest BCUT2D eigenvalue weighted by molar-refractivity contribution is 6.00. The van der Waals surface area contributed by atoms with E-state index in [1.807, 2.05) is 48.0 Å². The van der Waals surface area contributed by atoms with Gasteiger partial charge in [0.25, 0.3) is 5.91 Å². The van der Waals surface area contributed by atoms with Gasteiger partial charge in [-0.15, -0.1) is 0 Å². The van der Waals surface area contributed by atoms with Gasteiger partial charge in [0.1, 0.15) is 11.6 Å². The number of nitrogens with one attached hydrogen (secondary N) is 2. The number of carboxylic acids is 1. The lowest BCUT2D eigenvalue weighted by Crippen LogP contribution is -2.52. The summed E-state index contributed by atoms with van der Waals surface area (Å²) in [7, 11) is 1.93. The van der Waals surface area contributed by atoms with Crippen LogP contribution in [-0.2, 0) is 17.4 Å². The monoisotopic (exact) mass is 591 g/mol. The topological polar surface area (TPSA) is 113 Å². The summed E-state index contributed by atoms with van der Waals surface area (Å²) in [5, 5.41) is 13.4. The first kappa shape index (κ1) is 28.0. The van der Waals surface area contributed by atoms with Gasteiger partial charge in [0.05, 0.1) is 34.2 Å². The predicted molar refractivity (Wildman–Crippen MR) is 168 cm³/mol. The second kappa shape index (κ2) is 11.0. The molecule has 2 fully saturated rings. The van der Waals surface area contributed by atoms with E-state index in [4.69, 9.17) is 10.1 Å². The van der Waals surface area contributed by atoms with Gasteiger partial charge < -0.3 is 20.0 Å². The van der Waals surface area contributed by atoms with Gasteiger partial charge in [0.2, 0.25) is 0 Å². The molecular formula is C35H34FN5O3. The van der Waals surface area contributed by atoms with Crippen molar-refractivity contribution in [3.05, 3.63) is 89.1 Å². The number of hydrogen-bond donors (Lipinski definition) is 3. The van der Waals surface area contributed by atoms with Gasteiger partial charge in [-0.25, -0.2) is 14.2 Å². The number of fused-ring (bicyclic) bond motifs is 2. The van der Waals surface area contributed by atoms with Crippen molar-refractivity contribution in [2.75, 3.05) is 0 Å². The van der Waals surface area contributed by atoms with E-state index in [0.29, 0.717) is 17.2 Å². The van der Waals surface area contributed by atoms with E-state index in [9.17, 15) is 14.0 Å². The lowest BCUT2D eigenvalue weighted by atomic mass is 9.75. The molecule has 0 aliphatic heterocycles. The van der Waals surface area contributed by atoms with Gasteiger partial charge in [-0.1, -0.05) is 31.4 Å². The summed E-state index contributed by atoms with van der Waals surface area (Å²) in [6.07, 6.45) is 12.2. The molecule has 8 nitrogen and oxygen atoms in total. The molecule has 0 radical (unpaired) electrons. The molecule has 3 N–H and O–H groups in total. The Morgan fingerprint density at radius 2 is 1.89 bits per heavy atom. The fourth-order valence-corrected chi connectivity index (χ4v) is 7.03. The third-order valence-corrected chi connectivity index (χ3v) is 9.41. The molecule has 1 amide bonds. The van der Waals surface area contributed by atoms with E-state index in [1.54, 1.807) is 12.1 Å². The maximum absolute atomic E-state index is 13.8. The number of aromatic amines is 1. The van der Waals surface area contributed by atoms with Crippen molar-refractivity contribution >= 4 is 39.9 Å². The Bertz CT molecular complexity index is 1930. The second-order valence-electron chi connectivity index (χ2n) is 12.2. The molecule has 224 valence electrons. The number of aryl methyl sites for hydroxylation is 1. The molecule has 9 heteroatoms. The van der Waals surface area contributed by atoms with Crippen molar-refractivity contribution in [2.45, 2.75) is 62.8 Å². The van der Waals surface area contributed by atoms with Gasteiger partial charge >= 0.3 is 5.97 Å². The SMILES string of the molecule is Cn1c(C2(NC(=O)c3ccc4c(C5CCCCC5)c(-c5ccc(F)cn5)[nH]c4c3)CCC2)nc2ccc(/C=C/C(=O)O)cc21. The number of pyridine rings is 1. The second-order valence-corrected chi connectivity index (χ2v) is 12.2. The molecule has 0 unspecified atom stereocenters. The minimum Gasteiger partial charge on any atom is -0.478 e. The van der Waals surface area contributed by atoms with Gasteiger partial charge in [-0.05, 0) is 91.6 Å². The minimum absolute atomic E-state index is 0.168. The maximum atomic E-state index is 13.8. The van der Waals surface area contributed by atoms with Crippen molar-refractivity contribution in [1.82, 2.24) is 24.8 Å². The van der Waals surface area contributed by atoms with E-state index >= 15 is 0 Å². The minimum atomic E-state index is -1.00. The Morgan fingerprint density at radius 1 is 1.07 bits per heavy atom. The van der Waals surface area contributed by atoms with Crippen LogP contribution in [0.25, 0.3) is 39.4 Å². The standard InChI is InChI=1S/C35H34FN5O3/c1-41-29-18-21(9-15-30(42)43)8-13-26(29)39-34(41)35(16-5-17-35)40-33(44)23-10-12-25-28(19-23)38-32(27-14-11-24(36)20-37-27)31(25)22-6-3-2-4-7-22/h8-15,18-20,22,38H,2-7,16-17H2,1H3,(H,40,44)(H,42,43)/b15-9+. The molecule has 0 saturated heterocycles. The summed E-state index contributed by atoms with van der Waals surface area (Å²) in [6.45, 7) is 0. The average Bonchev–Trinajstić information content (AvgIpc) is 3.56. The van der Waals surface area contributed by atoms with Crippen LogP contribution in [0.1, 0.15) is 84.6 Å². The van der Waals surface area contributed by atoms with Crippen molar-refractivity contribution in [1.29, 1.82) is 0 Å². The molecular weight excluding hydrogens is 557 g/mol. The first-order chi connectivity index (χ1) is 21.3. The Labute approximate surface area is 254 Å². The van der Waals surface area contributed by atoms with Crippen LogP contribution < -0.4 is 5.32 Å².